The standard InChI is InChI=1S/C31H31N5O3/c37-18-36-22-9-10-23(36)17-25(16-22)39-24-11-6-19(7-12-24)29-26-15-21(8-13-27(26)34-35-29)31(38)33-30(20-4-5-20)28-3-1-2-14-32-28/h1-3,6-8,11-15,18,20,22-23,25,30H,4-5,9-10,16-17H2,(H,33,38)(H,34,35)/t22-,23+,25+,30-/m0/s1. The molecular formula is C31H31N5O3. The van der Waals surface area contributed by atoms with E-state index in [0.29, 0.717) is 23.6 Å². The number of carbonyl (C=O) groups is 2. The predicted octanol–water partition coefficient (Wildman–Crippen LogP) is 5.04. The van der Waals surface area contributed by atoms with Gasteiger partial charge in [-0.1, -0.05) is 6.07 Å². The summed E-state index contributed by atoms with van der Waals surface area (Å²) in [5, 5.41) is 11.8. The molecule has 2 N–H and O–H groups in total. The lowest BCUT2D eigenvalue weighted by Crippen LogP contribution is -2.45. The highest BCUT2D eigenvalue weighted by atomic mass is 16.5. The number of rotatable bonds is 8. The Bertz CT molecular complexity index is 1480. The Kier molecular flexibility index (Phi) is 6.02. The van der Waals surface area contributed by atoms with Gasteiger partial charge in [0.2, 0.25) is 6.41 Å². The summed E-state index contributed by atoms with van der Waals surface area (Å²) in [6.45, 7) is 0. The van der Waals surface area contributed by atoms with E-state index in [4.69, 9.17) is 4.74 Å². The largest absolute Gasteiger partial charge is 0.490 e. The van der Waals surface area contributed by atoms with Gasteiger partial charge in [0.25, 0.3) is 5.91 Å². The van der Waals surface area contributed by atoms with Crippen LogP contribution >= 0.6 is 0 Å². The van der Waals surface area contributed by atoms with Crippen LogP contribution in [0.4, 0.5) is 0 Å². The van der Waals surface area contributed by atoms with Gasteiger partial charge in [-0.3, -0.25) is 19.7 Å². The molecule has 0 radical (unpaired) electrons. The first-order valence-electron chi connectivity index (χ1n) is 13.9. The minimum atomic E-state index is -0.107. The van der Waals surface area contributed by atoms with Crippen molar-refractivity contribution >= 4 is 23.2 Å². The second-order valence-corrected chi connectivity index (χ2v) is 11.0. The second kappa shape index (κ2) is 9.84. The maximum absolute atomic E-state index is 13.3. The van der Waals surface area contributed by atoms with Crippen LogP contribution in [0.2, 0.25) is 0 Å². The minimum absolute atomic E-state index is 0.0772. The normalized spacial score (nSPS) is 23.0. The molecular weight excluding hydrogens is 490 g/mol. The number of hydrogen-bond acceptors (Lipinski definition) is 5. The zero-order chi connectivity index (χ0) is 26.3. The first-order chi connectivity index (χ1) is 19.2. The van der Waals surface area contributed by atoms with Crippen molar-refractivity contribution < 1.29 is 14.3 Å². The Morgan fingerprint density at radius 3 is 2.51 bits per heavy atom. The molecule has 4 aromatic rings. The zero-order valence-corrected chi connectivity index (χ0v) is 21.6. The van der Waals surface area contributed by atoms with E-state index in [1.165, 1.54) is 0 Å². The van der Waals surface area contributed by atoms with Crippen LogP contribution in [0.15, 0.2) is 66.9 Å². The Morgan fingerprint density at radius 2 is 1.82 bits per heavy atom. The van der Waals surface area contributed by atoms with Crippen molar-refractivity contribution in [3.05, 3.63) is 78.1 Å². The average Bonchev–Trinajstić information content (AvgIpc) is 3.67. The zero-order valence-electron chi connectivity index (χ0n) is 21.6. The van der Waals surface area contributed by atoms with Gasteiger partial charge >= 0.3 is 0 Å². The fourth-order valence-electron chi connectivity index (χ4n) is 6.34. The van der Waals surface area contributed by atoms with E-state index < -0.39 is 0 Å². The van der Waals surface area contributed by atoms with Gasteiger partial charge in [-0.15, -0.1) is 0 Å². The summed E-state index contributed by atoms with van der Waals surface area (Å²) in [5.74, 6) is 1.15. The van der Waals surface area contributed by atoms with E-state index in [2.05, 4.69) is 20.5 Å². The van der Waals surface area contributed by atoms with Crippen molar-refractivity contribution in [2.45, 2.75) is 62.8 Å². The van der Waals surface area contributed by atoms with Crippen LogP contribution in [-0.2, 0) is 4.79 Å². The summed E-state index contributed by atoms with van der Waals surface area (Å²) in [4.78, 5) is 31.1. The van der Waals surface area contributed by atoms with Crippen LogP contribution in [0.5, 0.6) is 5.75 Å². The maximum Gasteiger partial charge on any atom is 0.251 e. The van der Waals surface area contributed by atoms with Gasteiger partial charge in [-0.05, 0) is 86.2 Å². The van der Waals surface area contributed by atoms with Crippen LogP contribution < -0.4 is 10.1 Å². The van der Waals surface area contributed by atoms with Crippen molar-refractivity contribution in [1.29, 1.82) is 0 Å². The van der Waals surface area contributed by atoms with E-state index in [-0.39, 0.29) is 18.1 Å². The van der Waals surface area contributed by atoms with E-state index in [0.717, 1.165) is 78.5 Å². The second-order valence-electron chi connectivity index (χ2n) is 11.0. The number of H-pyrrole nitrogens is 1. The van der Waals surface area contributed by atoms with Gasteiger partial charge in [0, 0.05) is 47.6 Å². The first-order valence-corrected chi connectivity index (χ1v) is 13.9. The Morgan fingerprint density at radius 1 is 1.03 bits per heavy atom. The Balaban J connectivity index is 1.08. The first kappa shape index (κ1) is 23.9. The molecule has 2 aromatic carbocycles. The number of piperidine rings is 1. The van der Waals surface area contributed by atoms with Gasteiger partial charge in [0.05, 0.1) is 22.9 Å². The molecule has 1 aliphatic carbocycles. The Hall–Kier alpha value is -4.20. The van der Waals surface area contributed by atoms with Crippen LogP contribution in [0.1, 0.15) is 60.6 Å². The van der Waals surface area contributed by atoms with E-state index in [1.54, 1.807) is 6.20 Å². The molecule has 0 unspecified atom stereocenters. The predicted molar refractivity (Wildman–Crippen MR) is 147 cm³/mol. The van der Waals surface area contributed by atoms with Gasteiger partial charge in [-0.2, -0.15) is 5.10 Å². The van der Waals surface area contributed by atoms with Gasteiger partial charge < -0.3 is 15.0 Å². The number of fused-ring (bicyclic) bond motifs is 3. The fourth-order valence-corrected chi connectivity index (χ4v) is 6.34. The number of aromatic amines is 1. The van der Waals surface area contributed by atoms with Crippen molar-refractivity contribution in [3.8, 4) is 17.0 Å². The molecule has 2 aliphatic heterocycles. The number of amides is 2. The Labute approximate surface area is 226 Å². The highest BCUT2D eigenvalue weighted by Crippen LogP contribution is 2.41. The molecule has 3 aliphatic rings. The minimum Gasteiger partial charge on any atom is -0.490 e. The molecule has 39 heavy (non-hydrogen) atoms. The van der Waals surface area contributed by atoms with Crippen molar-refractivity contribution in [2.75, 3.05) is 0 Å². The molecule has 4 heterocycles. The van der Waals surface area contributed by atoms with Crippen LogP contribution in [0.3, 0.4) is 0 Å². The lowest BCUT2D eigenvalue weighted by Gasteiger charge is -2.36. The van der Waals surface area contributed by atoms with Crippen molar-refractivity contribution in [2.24, 2.45) is 5.92 Å². The van der Waals surface area contributed by atoms with Crippen molar-refractivity contribution in [1.82, 2.24) is 25.4 Å². The molecule has 2 saturated heterocycles. The fraction of sp³-hybridized carbons (Fsp3) is 0.355. The number of benzene rings is 2. The van der Waals surface area contributed by atoms with E-state index >= 15 is 0 Å². The summed E-state index contributed by atoms with van der Waals surface area (Å²) in [6, 6.07) is 20.0. The van der Waals surface area contributed by atoms with Crippen LogP contribution in [0, 0.1) is 5.92 Å². The smallest absolute Gasteiger partial charge is 0.251 e. The number of ether oxygens (including phenoxy) is 1. The summed E-state index contributed by atoms with van der Waals surface area (Å²) in [7, 11) is 0. The third-order valence-electron chi connectivity index (χ3n) is 8.51. The van der Waals surface area contributed by atoms with E-state index in [1.807, 2.05) is 65.6 Å². The third kappa shape index (κ3) is 4.64. The highest BCUT2D eigenvalue weighted by molar-refractivity contribution is 6.01. The number of hydrogen-bond donors (Lipinski definition) is 2. The molecule has 0 spiro atoms. The highest BCUT2D eigenvalue weighted by Gasteiger charge is 2.41. The van der Waals surface area contributed by atoms with Gasteiger partial charge in [0.1, 0.15) is 11.9 Å². The lowest BCUT2D eigenvalue weighted by molar-refractivity contribution is -0.123. The molecule has 8 heteroatoms. The number of nitrogens with one attached hydrogen (secondary N) is 2. The molecule has 2 aromatic heterocycles. The quantitative estimate of drug-likeness (QED) is 0.317. The molecule has 1 saturated carbocycles. The SMILES string of the molecule is O=CN1[C@@H]2CC[C@H]1C[C@@H](Oc1ccc(-c3n[nH]c4ccc(C(=O)N[C@H](c5ccccn5)C5CC5)cc34)cc1)C2. The van der Waals surface area contributed by atoms with Gasteiger partial charge in [0.15, 0.2) is 0 Å². The summed E-state index contributed by atoms with van der Waals surface area (Å²) in [5.41, 5.74) is 4.13. The molecule has 7 rings (SSSR count). The summed E-state index contributed by atoms with van der Waals surface area (Å²) >= 11 is 0. The summed E-state index contributed by atoms with van der Waals surface area (Å²) < 4.78 is 6.31. The molecule has 2 bridgehead atoms. The van der Waals surface area contributed by atoms with Crippen LogP contribution in [-0.4, -0.2) is 50.6 Å². The van der Waals surface area contributed by atoms with Crippen LogP contribution in [0.25, 0.3) is 22.2 Å². The molecule has 8 nitrogen and oxygen atoms in total. The number of carbonyl (C=O) groups excluding carboxylic acids is 2. The number of pyridine rings is 1. The molecule has 198 valence electrons. The number of nitrogens with zero attached hydrogens (tertiary/aromatic N) is 3. The molecule has 3 fully saturated rings. The monoisotopic (exact) mass is 521 g/mol. The van der Waals surface area contributed by atoms with E-state index in [9.17, 15) is 9.59 Å². The van der Waals surface area contributed by atoms with Crippen molar-refractivity contribution in [3.63, 3.8) is 0 Å². The average molecular weight is 522 g/mol. The summed E-state index contributed by atoms with van der Waals surface area (Å²) in [6.07, 6.45) is 9.01. The lowest BCUT2D eigenvalue weighted by atomic mass is 10.0. The third-order valence-corrected chi connectivity index (χ3v) is 8.51. The van der Waals surface area contributed by atoms with Gasteiger partial charge in [-0.25, -0.2) is 0 Å². The topological polar surface area (TPSA) is 100 Å². The number of aromatic nitrogens is 3. The maximum atomic E-state index is 13.3. The molecule has 2 amide bonds. The molecule has 4 atom stereocenters.